The zero-order valence-corrected chi connectivity index (χ0v) is 24.2. The first kappa shape index (κ1) is 32.1. The van der Waals surface area contributed by atoms with Crippen molar-refractivity contribution in [1.29, 1.82) is 0 Å². The summed E-state index contributed by atoms with van der Waals surface area (Å²) < 4.78 is 37.0. The van der Waals surface area contributed by atoms with Crippen molar-refractivity contribution < 1.29 is 48.4 Å². The summed E-state index contributed by atoms with van der Waals surface area (Å²) >= 11 is 0. The van der Waals surface area contributed by atoms with E-state index in [1.54, 1.807) is 0 Å². The van der Waals surface area contributed by atoms with Crippen LogP contribution < -0.4 is 11.5 Å². The first-order chi connectivity index (χ1) is 22.5. The summed E-state index contributed by atoms with van der Waals surface area (Å²) in [6, 6.07) is 0. The van der Waals surface area contributed by atoms with Crippen molar-refractivity contribution in [2.24, 2.45) is 10.2 Å². The standard InChI is InChI=1S/C20H23N16O10P/c21-13-7-15(27-3-25-13)35(19(29-7)31-33-23)17-11(40)9(38)6(45-17)2-43-47(41,42)46-12-10(39)5(1-37)44-18(12)36-16-8(14(22)26-4-28-16)30-20(36)32-34-24/h3-6,9-12,17-18,37-40H,1-2H2,(H,41,42)(H2,21,25,27)(H2,22,26,28)/t5-,6-,9-,10-,11-,12-,17-,18-/m1/s1. The van der Waals surface area contributed by atoms with Gasteiger partial charge in [0.25, 0.3) is 0 Å². The Morgan fingerprint density at radius 1 is 0.872 bits per heavy atom. The van der Waals surface area contributed by atoms with Crippen LogP contribution in [0.3, 0.4) is 0 Å². The number of nitrogens with two attached hydrogens (primary N) is 2. The number of nitrogens with zero attached hydrogens (tertiary/aromatic N) is 14. The van der Waals surface area contributed by atoms with Crippen molar-refractivity contribution in [3.63, 3.8) is 0 Å². The second-order valence-electron chi connectivity index (χ2n) is 9.92. The fraction of sp³-hybridized carbons (Fsp3) is 0.500. The van der Waals surface area contributed by atoms with E-state index in [2.05, 4.69) is 50.0 Å². The SMILES string of the molecule is [N-]=[N+]=Nc1nc2c(N)ncnc2n1[C@@H]1O[C@H](COP(=O)(O)O[C@@H]2[C@H](O)[C@@H](CO)O[C@H]2n2c(N=[N+]=[N-])nc3c(N)ncnc32)[C@@H](O)[C@H]1O. The van der Waals surface area contributed by atoms with E-state index in [0.29, 0.717) is 0 Å². The van der Waals surface area contributed by atoms with Gasteiger partial charge in [-0.05, 0) is 21.3 Å². The molecule has 26 nitrogen and oxygen atoms in total. The van der Waals surface area contributed by atoms with Crippen molar-refractivity contribution in [1.82, 2.24) is 39.0 Å². The Kier molecular flexibility index (Phi) is 8.49. The second-order valence-corrected chi connectivity index (χ2v) is 11.3. The molecule has 0 bridgehead atoms. The van der Waals surface area contributed by atoms with E-state index in [4.69, 9.17) is 41.1 Å². The number of fused-ring (bicyclic) bond motifs is 2. The molecular weight excluding hydrogens is 655 g/mol. The molecule has 6 rings (SSSR count). The normalized spacial score (nSPS) is 28.7. The Bertz CT molecular complexity index is 1980. The zero-order valence-electron chi connectivity index (χ0n) is 23.3. The highest BCUT2D eigenvalue weighted by molar-refractivity contribution is 7.47. The number of nitrogen functional groups attached to an aromatic ring is 2. The highest BCUT2D eigenvalue weighted by Gasteiger charge is 2.51. The van der Waals surface area contributed by atoms with Crippen LogP contribution in [0.5, 0.6) is 0 Å². The third-order valence-corrected chi connectivity index (χ3v) is 8.22. The first-order valence-corrected chi connectivity index (χ1v) is 14.7. The van der Waals surface area contributed by atoms with E-state index >= 15 is 0 Å². The van der Waals surface area contributed by atoms with Gasteiger partial charge in [-0.2, -0.15) is 0 Å². The molecule has 27 heteroatoms. The number of hydrogen-bond donors (Lipinski definition) is 7. The van der Waals surface area contributed by atoms with Crippen LogP contribution in [-0.2, 0) is 23.1 Å². The van der Waals surface area contributed by atoms with Crippen LogP contribution in [0.1, 0.15) is 12.5 Å². The number of azide groups is 2. The van der Waals surface area contributed by atoms with Crippen LogP contribution in [0.4, 0.5) is 23.5 Å². The highest BCUT2D eigenvalue weighted by atomic mass is 31.2. The van der Waals surface area contributed by atoms with Gasteiger partial charge < -0.3 is 46.3 Å². The van der Waals surface area contributed by atoms with Crippen molar-refractivity contribution >= 4 is 53.7 Å². The zero-order chi connectivity index (χ0) is 33.6. The van der Waals surface area contributed by atoms with Crippen LogP contribution in [-0.4, -0.2) is 114 Å². The van der Waals surface area contributed by atoms with Gasteiger partial charge in [0.15, 0.2) is 46.4 Å². The van der Waals surface area contributed by atoms with Crippen LogP contribution in [0.2, 0.25) is 0 Å². The lowest BCUT2D eigenvalue weighted by Crippen LogP contribution is -2.36. The average molecular weight is 678 g/mol. The predicted molar refractivity (Wildman–Crippen MR) is 151 cm³/mol. The number of phosphoric ester groups is 1. The number of aromatic nitrogens is 8. The summed E-state index contributed by atoms with van der Waals surface area (Å²) in [5.41, 5.74) is 29.6. The Morgan fingerprint density at radius 2 is 1.40 bits per heavy atom. The fourth-order valence-electron chi connectivity index (χ4n) is 5.14. The van der Waals surface area contributed by atoms with E-state index < -0.39 is 76.1 Å². The predicted octanol–water partition coefficient (Wildman–Crippen LogP) is -0.914. The number of aliphatic hydroxyl groups is 4. The molecule has 2 aliphatic rings. The number of ether oxygens (including phenoxy) is 2. The van der Waals surface area contributed by atoms with Crippen LogP contribution in [0.25, 0.3) is 43.2 Å². The highest BCUT2D eigenvalue weighted by Crippen LogP contribution is 2.51. The lowest BCUT2D eigenvalue weighted by molar-refractivity contribution is -0.0608. The molecule has 4 aromatic heterocycles. The number of imidazole rings is 2. The summed E-state index contributed by atoms with van der Waals surface area (Å²) in [5.74, 6) is -0.937. The van der Waals surface area contributed by atoms with Crippen LogP contribution in [0, 0.1) is 0 Å². The molecular formula is C20H23N16O10P. The first-order valence-electron chi connectivity index (χ1n) is 13.2. The molecule has 2 aliphatic heterocycles. The smallest absolute Gasteiger partial charge is 0.394 e. The summed E-state index contributed by atoms with van der Waals surface area (Å²) in [4.78, 5) is 39.8. The molecule has 4 aromatic rings. The molecule has 2 saturated heterocycles. The third kappa shape index (κ3) is 5.61. The monoisotopic (exact) mass is 678 g/mol. The van der Waals surface area contributed by atoms with Gasteiger partial charge >= 0.3 is 7.82 Å². The molecule has 0 spiro atoms. The molecule has 0 aromatic carbocycles. The molecule has 6 heterocycles. The topological polar surface area (TPSA) is 392 Å². The Balaban J connectivity index is 1.24. The molecule has 248 valence electrons. The Labute approximate surface area is 259 Å². The summed E-state index contributed by atoms with van der Waals surface area (Å²) in [5, 5.41) is 49.0. The van der Waals surface area contributed by atoms with Crippen molar-refractivity contribution in [2.45, 2.75) is 49.1 Å². The van der Waals surface area contributed by atoms with Gasteiger partial charge in [0.05, 0.1) is 13.2 Å². The molecule has 2 fully saturated rings. The quantitative estimate of drug-likeness (QED) is 0.0461. The van der Waals surface area contributed by atoms with E-state index in [0.717, 1.165) is 21.8 Å². The van der Waals surface area contributed by atoms with Gasteiger partial charge in [-0.25, -0.2) is 34.5 Å². The van der Waals surface area contributed by atoms with E-state index in [1.165, 1.54) is 0 Å². The summed E-state index contributed by atoms with van der Waals surface area (Å²) in [6.07, 6.45) is -10.8. The summed E-state index contributed by atoms with van der Waals surface area (Å²) in [6.45, 7) is -1.64. The lowest BCUT2D eigenvalue weighted by Gasteiger charge is -2.25. The fourth-order valence-corrected chi connectivity index (χ4v) is 6.07. The molecule has 0 aliphatic carbocycles. The van der Waals surface area contributed by atoms with Gasteiger partial charge in [0.1, 0.15) is 49.3 Å². The molecule has 0 saturated carbocycles. The van der Waals surface area contributed by atoms with Crippen LogP contribution >= 0.6 is 7.82 Å². The second kappa shape index (κ2) is 12.4. The molecule has 9 atom stereocenters. The maximum Gasteiger partial charge on any atom is 0.472 e. The number of phosphoric acid groups is 1. The number of rotatable bonds is 10. The van der Waals surface area contributed by atoms with Gasteiger partial charge in [0, 0.05) is 9.82 Å². The van der Waals surface area contributed by atoms with Crippen molar-refractivity contribution in [2.75, 3.05) is 24.7 Å². The maximum atomic E-state index is 13.2. The number of anilines is 2. The minimum atomic E-state index is -5.21. The molecule has 0 amide bonds. The largest absolute Gasteiger partial charge is 0.472 e. The average Bonchev–Trinajstić information content (AvgIpc) is 3.75. The van der Waals surface area contributed by atoms with E-state index in [-0.39, 0.29) is 39.9 Å². The van der Waals surface area contributed by atoms with Crippen molar-refractivity contribution in [3.05, 3.63) is 33.5 Å². The Hall–Kier alpha value is -4.81. The number of hydrogen-bond acceptors (Lipinski definition) is 19. The third-order valence-electron chi connectivity index (χ3n) is 7.24. The molecule has 1 unspecified atom stereocenters. The molecule has 0 radical (unpaired) electrons. The lowest BCUT2D eigenvalue weighted by atomic mass is 10.1. The Morgan fingerprint density at radius 3 is 1.94 bits per heavy atom. The summed E-state index contributed by atoms with van der Waals surface area (Å²) in [7, 11) is -5.21. The van der Waals surface area contributed by atoms with Crippen LogP contribution in [0.15, 0.2) is 22.9 Å². The molecule has 9 N–H and O–H groups in total. The minimum Gasteiger partial charge on any atom is -0.394 e. The van der Waals surface area contributed by atoms with E-state index in [1.807, 2.05) is 0 Å². The van der Waals surface area contributed by atoms with Gasteiger partial charge in [0.2, 0.25) is 11.9 Å². The van der Waals surface area contributed by atoms with Gasteiger partial charge in [-0.3, -0.25) is 18.2 Å². The van der Waals surface area contributed by atoms with Crippen molar-refractivity contribution in [3.8, 4) is 0 Å². The minimum absolute atomic E-state index is 0.00432. The maximum absolute atomic E-state index is 13.2. The number of aliphatic hydroxyl groups excluding tert-OH is 4. The van der Waals surface area contributed by atoms with Gasteiger partial charge in [-0.1, -0.05) is 0 Å². The van der Waals surface area contributed by atoms with E-state index in [9.17, 15) is 29.9 Å². The van der Waals surface area contributed by atoms with Gasteiger partial charge in [-0.15, -0.1) is 0 Å². The molecule has 47 heavy (non-hydrogen) atoms.